The van der Waals surface area contributed by atoms with Crippen LogP contribution < -0.4 is 4.74 Å². The van der Waals surface area contributed by atoms with E-state index < -0.39 is 0 Å². The van der Waals surface area contributed by atoms with Crippen molar-refractivity contribution in [1.82, 2.24) is 20.0 Å². The van der Waals surface area contributed by atoms with Gasteiger partial charge in [-0.1, -0.05) is 49.4 Å². The topological polar surface area (TPSA) is 78.5 Å². The Kier molecular flexibility index (Phi) is 7.07. The maximum atomic E-state index is 13.5. The minimum Gasteiger partial charge on any atom is -0.496 e. The van der Waals surface area contributed by atoms with E-state index in [4.69, 9.17) is 4.74 Å². The lowest BCUT2D eigenvalue weighted by Gasteiger charge is -2.24. The molecule has 7 heteroatoms. The van der Waals surface area contributed by atoms with Crippen LogP contribution in [0.3, 0.4) is 0 Å². The first-order valence-electron chi connectivity index (χ1n) is 11.4. The number of benzene rings is 2. The molecule has 0 saturated carbocycles. The molecule has 1 aliphatic heterocycles. The van der Waals surface area contributed by atoms with Crippen molar-refractivity contribution >= 4 is 11.8 Å². The van der Waals surface area contributed by atoms with Gasteiger partial charge in [-0.15, -0.1) is 0 Å². The Morgan fingerprint density at radius 2 is 1.85 bits per heavy atom. The van der Waals surface area contributed by atoms with E-state index in [0.29, 0.717) is 38.3 Å². The molecule has 33 heavy (non-hydrogen) atoms. The Morgan fingerprint density at radius 3 is 2.58 bits per heavy atom. The van der Waals surface area contributed by atoms with E-state index in [-0.39, 0.29) is 17.7 Å². The van der Waals surface area contributed by atoms with Crippen LogP contribution in [0, 0.1) is 5.92 Å². The molecule has 1 aliphatic rings. The van der Waals surface area contributed by atoms with Crippen molar-refractivity contribution in [2.45, 2.75) is 19.8 Å². The summed E-state index contributed by atoms with van der Waals surface area (Å²) in [5.74, 6) is 0.441. The lowest BCUT2D eigenvalue weighted by molar-refractivity contribution is -0.134. The zero-order chi connectivity index (χ0) is 23.2. The monoisotopic (exact) mass is 446 g/mol. The van der Waals surface area contributed by atoms with Gasteiger partial charge in [-0.25, -0.2) is 0 Å². The quantitative estimate of drug-likeness (QED) is 0.601. The van der Waals surface area contributed by atoms with Crippen molar-refractivity contribution in [3.8, 4) is 16.9 Å². The summed E-state index contributed by atoms with van der Waals surface area (Å²) in [6, 6.07) is 17.7. The minimum absolute atomic E-state index is 0.103. The second kappa shape index (κ2) is 10.3. The van der Waals surface area contributed by atoms with Crippen LogP contribution in [0.2, 0.25) is 0 Å². The van der Waals surface area contributed by atoms with Crippen LogP contribution in [0.15, 0.2) is 60.8 Å². The number of amides is 2. The van der Waals surface area contributed by atoms with Gasteiger partial charge < -0.3 is 14.5 Å². The maximum absolute atomic E-state index is 13.5. The number of aromatic amines is 1. The molecule has 2 aromatic carbocycles. The molecule has 172 valence electrons. The van der Waals surface area contributed by atoms with E-state index in [1.807, 2.05) is 41.3 Å². The lowest BCUT2D eigenvalue weighted by Crippen LogP contribution is -2.38. The van der Waals surface area contributed by atoms with Gasteiger partial charge in [-0.2, -0.15) is 5.10 Å². The molecule has 3 aromatic rings. The summed E-state index contributed by atoms with van der Waals surface area (Å²) >= 11 is 0. The second-order valence-electron chi connectivity index (χ2n) is 8.31. The fourth-order valence-electron chi connectivity index (χ4n) is 4.51. The van der Waals surface area contributed by atoms with E-state index in [0.717, 1.165) is 28.9 Å². The zero-order valence-corrected chi connectivity index (χ0v) is 19.2. The fraction of sp³-hybridized carbons (Fsp3) is 0.346. The molecule has 1 N–H and O–H groups in total. The molecule has 0 spiro atoms. The standard InChI is InChI=1S/C26H30N4O3/c1-3-14-29-15-16-30(26(32)23-12-13-27-28-23)18-20(25(29)31)17-19-8-4-5-9-21(19)22-10-6-7-11-24(22)33-2/h4-13,20H,3,14-18H2,1-2H3,(H,27,28)/t20-/m0/s1. The van der Waals surface area contributed by atoms with Crippen molar-refractivity contribution in [1.29, 1.82) is 0 Å². The van der Waals surface area contributed by atoms with Crippen LogP contribution in [0.1, 0.15) is 29.4 Å². The first-order chi connectivity index (χ1) is 16.1. The van der Waals surface area contributed by atoms with Gasteiger partial charge in [0.05, 0.1) is 13.0 Å². The summed E-state index contributed by atoms with van der Waals surface area (Å²) in [5.41, 5.74) is 3.54. The molecule has 2 heterocycles. The van der Waals surface area contributed by atoms with E-state index in [9.17, 15) is 9.59 Å². The molecule has 1 fully saturated rings. The van der Waals surface area contributed by atoms with Crippen LogP contribution in [0.4, 0.5) is 0 Å². The molecule has 1 aromatic heterocycles. The number of carbonyl (C=O) groups is 2. The second-order valence-corrected chi connectivity index (χ2v) is 8.31. The number of hydrogen-bond donors (Lipinski definition) is 1. The number of ether oxygens (including phenoxy) is 1. The summed E-state index contributed by atoms with van der Waals surface area (Å²) in [6.45, 7) is 4.18. The highest BCUT2D eigenvalue weighted by Crippen LogP contribution is 2.33. The number of nitrogens with zero attached hydrogens (tertiary/aromatic N) is 3. The van der Waals surface area contributed by atoms with Gasteiger partial charge >= 0.3 is 0 Å². The molecule has 1 atom stereocenters. The highest BCUT2D eigenvalue weighted by atomic mass is 16.5. The highest BCUT2D eigenvalue weighted by molar-refractivity contribution is 5.93. The Morgan fingerprint density at radius 1 is 1.09 bits per heavy atom. The summed E-state index contributed by atoms with van der Waals surface area (Å²) in [7, 11) is 1.66. The van der Waals surface area contributed by atoms with Crippen molar-refractivity contribution in [2.24, 2.45) is 5.92 Å². The zero-order valence-electron chi connectivity index (χ0n) is 19.2. The Labute approximate surface area is 194 Å². The van der Waals surface area contributed by atoms with Crippen molar-refractivity contribution < 1.29 is 14.3 Å². The third kappa shape index (κ3) is 4.92. The van der Waals surface area contributed by atoms with Crippen LogP contribution >= 0.6 is 0 Å². The number of methoxy groups -OCH3 is 1. The van der Waals surface area contributed by atoms with Crippen LogP contribution in [0.25, 0.3) is 11.1 Å². The van der Waals surface area contributed by atoms with Crippen molar-refractivity contribution in [2.75, 3.05) is 33.3 Å². The molecule has 7 nitrogen and oxygen atoms in total. The van der Waals surface area contributed by atoms with Crippen LogP contribution in [-0.2, 0) is 11.2 Å². The molecule has 0 bridgehead atoms. The summed E-state index contributed by atoms with van der Waals surface area (Å²) in [5, 5.41) is 6.66. The average molecular weight is 447 g/mol. The van der Waals surface area contributed by atoms with Crippen LogP contribution in [-0.4, -0.2) is 65.1 Å². The van der Waals surface area contributed by atoms with E-state index in [1.54, 1.807) is 24.3 Å². The molecule has 4 rings (SSSR count). The predicted octanol–water partition coefficient (Wildman–Crippen LogP) is 3.64. The SMILES string of the molecule is CCCN1CCN(C(=O)c2ccn[nH]2)C[C@H](Cc2ccccc2-c2ccccc2OC)C1=O. The number of nitrogens with one attached hydrogen (secondary N) is 1. The van der Waals surface area contributed by atoms with Gasteiger partial charge in [0.1, 0.15) is 11.4 Å². The average Bonchev–Trinajstić information content (AvgIpc) is 3.34. The Hall–Kier alpha value is -3.61. The third-order valence-electron chi connectivity index (χ3n) is 6.13. The fourth-order valence-corrected chi connectivity index (χ4v) is 4.51. The molecular formula is C26H30N4O3. The van der Waals surface area contributed by atoms with E-state index in [2.05, 4.69) is 29.3 Å². The van der Waals surface area contributed by atoms with Crippen molar-refractivity contribution in [3.63, 3.8) is 0 Å². The van der Waals surface area contributed by atoms with Gasteiger partial charge in [0.2, 0.25) is 5.91 Å². The molecule has 0 aliphatic carbocycles. The smallest absolute Gasteiger partial charge is 0.271 e. The molecule has 0 radical (unpaired) electrons. The van der Waals surface area contributed by atoms with Gasteiger partial charge in [0.25, 0.3) is 5.91 Å². The highest BCUT2D eigenvalue weighted by Gasteiger charge is 2.33. The molecule has 0 unspecified atom stereocenters. The van der Waals surface area contributed by atoms with E-state index >= 15 is 0 Å². The largest absolute Gasteiger partial charge is 0.496 e. The Balaban J connectivity index is 1.66. The molecular weight excluding hydrogens is 416 g/mol. The number of rotatable bonds is 7. The number of hydrogen-bond acceptors (Lipinski definition) is 4. The predicted molar refractivity (Wildman–Crippen MR) is 127 cm³/mol. The Bertz CT molecular complexity index is 1100. The normalized spacial score (nSPS) is 16.5. The summed E-state index contributed by atoms with van der Waals surface area (Å²) < 4.78 is 5.59. The first kappa shape index (κ1) is 22.6. The van der Waals surface area contributed by atoms with E-state index in [1.165, 1.54) is 0 Å². The minimum atomic E-state index is -0.332. The third-order valence-corrected chi connectivity index (χ3v) is 6.13. The van der Waals surface area contributed by atoms with Gasteiger partial charge in [0, 0.05) is 37.9 Å². The number of para-hydroxylation sites is 1. The first-order valence-corrected chi connectivity index (χ1v) is 11.4. The number of carbonyl (C=O) groups excluding carboxylic acids is 2. The summed E-state index contributed by atoms with van der Waals surface area (Å²) in [4.78, 5) is 30.2. The number of aromatic nitrogens is 2. The maximum Gasteiger partial charge on any atom is 0.271 e. The summed E-state index contributed by atoms with van der Waals surface area (Å²) in [6.07, 6.45) is 2.99. The molecule has 2 amide bonds. The van der Waals surface area contributed by atoms with Gasteiger partial charge in [0.15, 0.2) is 0 Å². The van der Waals surface area contributed by atoms with Gasteiger partial charge in [-0.05, 0) is 36.1 Å². The van der Waals surface area contributed by atoms with Gasteiger partial charge in [-0.3, -0.25) is 14.7 Å². The van der Waals surface area contributed by atoms with Crippen molar-refractivity contribution in [3.05, 3.63) is 72.1 Å². The lowest BCUT2D eigenvalue weighted by atomic mass is 9.91. The van der Waals surface area contributed by atoms with Crippen LogP contribution in [0.5, 0.6) is 5.75 Å². The number of H-pyrrole nitrogens is 1. The molecule has 1 saturated heterocycles.